The second kappa shape index (κ2) is 9.36. The molecular weight excluding hydrogens is 544 g/mol. The molecule has 2 N–H and O–H groups in total. The highest BCUT2D eigenvalue weighted by Gasteiger charge is 2.58. The maximum absolute atomic E-state index is 15.5. The van der Waals surface area contributed by atoms with Gasteiger partial charge in [0.25, 0.3) is 0 Å². The van der Waals surface area contributed by atoms with Crippen LogP contribution in [0.5, 0.6) is 0 Å². The van der Waals surface area contributed by atoms with Crippen LogP contribution in [0.25, 0.3) is 21.9 Å². The maximum Gasteiger partial charge on any atom is 0.414 e. The van der Waals surface area contributed by atoms with Crippen LogP contribution in [0.1, 0.15) is 54.4 Å². The maximum atomic E-state index is 15.5. The van der Waals surface area contributed by atoms with Crippen molar-refractivity contribution >= 4 is 57.1 Å². The third-order valence-corrected chi connectivity index (χ3v) is 7.59. The summed E-state index contributed by atoms with van der Waals surface area (Å²) in [4.78, 5) is 35.7. The third-order valence-electron chi connectivity index (χ3n) is 7.31. The van der Waals surface area contributed by atoms with E-state index in [9.17, 15) is 9.59 Å². The highest BCUT2D eigenvalue weighted by Crippen LogP contribution is 2.55. The Bertz CT molecular complexity index is 1530. The molecular formula is C28H34ClF2N5O4. The van der Waals surface area contributed by atoms with Crippen molar-refractivity contribution in [2.75, 3.05) is 29.9 Å². The summed E-state index contributed by atoms with van der Waals surface area (Å²) in [6, 6.07) is 0.898. The number of fused-ring (bicyclic) bond motifs is 3. The van der Waals surface area contributed by atoms with Crippen LogP contribution in [-0.2, 0) is 9.47 Å². The Balaban J connectivity index is 1.52. The highest BCUT2D eigenvalue weighted by molar-refractivity contribution is 6.36. The van der Waals surface area contributed by atoms with Crippen LogP contribution < -0.4 is 15.1 Å². The first-order valence-corrected chi connectivity index (χ1v) is 13.6. The Morgan fingerprint density at radius 3 is 2.50 bits per heavy atom. The summed E-state index contributed by atoms with van der Waals surface area (Å²) in [5.74, 6) is -2.19. The minimum absolute atomic E-state index is 0.0504. The SMILES string of the molecule is CN(C(=O)OC(C)(C)C)c1cc(F)c(F)c2c1[nH]c1ncc(Cl)c(N3CC[C@@]4(C[C@@H]4NC(=O)OC(C)(C)C)C3)c12. The molecule has 2 atom stereocenters. The number of aromatic amines is 1. The zero-order valence-electron chi connectivity index (χ0n) is 23.7. The summed E-state index contributed by atoms with van der Waals surface area (Å²) < 4.78 is 41.4. The van der Waals surface area contributed by atoms with Gasteiger partial charge in [-0.15, -0.1) is 0 Å². The number of pyridine rings is 1. The van der Waals surface area contributed by atoms with Crippen LogP contribution in [0.2, 0.25) is 5.02 Å². The lowest BCUT2D eigenvalue weighted by Crippen LogP contribution is -2.36. The van der Waals surface area contributed by atoms with Crippen LogP contribution in [0.4, 0.5) is 29.7 Å². The molecule has 3 aromatic rings. The Morgan fingerprint density at radius 2 is 1.85 bits per heavy atom. The molecule has 12 heteroatoms. The molecule has 1 saturated carbocycles. The van der Waals surface area contributed by atoms with Gasteiger partial charge in [0.2, 0.25) is 0 Å². The number of anilines is 2. The van der Waals surface area contributed by atoms with E-state index in [0.717, 1.165) is 23.8 Å². The average Bonchev–Trinajstić information content (AvgIpc) is 3.13. The number of rotatable bonds is 3. The molecule has 1 aromatic carbocycles. The molecule has 0 bridgehead atoms. The van der Waals surface area contributed by atoms with E-state index in [-0.39, 0.29) is 33.1 Å². The quantitative estimate of drug-likeness (QED) is 0.368. The number of carbonyl (C=O) groups excluding carboxylic acids is 2. The standard InChI is InChI=1S/C28H34ClF2N5O4/c1-26(2,3)39-24(37)33-17-11-28(17)8-9-36(13-28)22-14(29)12-32-23-19(22)18-20(31)15(30)10-16(21(18)34-23)35(7)25(38)40-27(4,5)6/h10,12,17H,8-9,11,13H2,1-7H3,(H,32,34)(H,33,37)/t17-,28+/m0/s1. The number of nitrogens with zero attached hydrogens (tertiary/aromatic N) is 3. The molecule has 5 rings (SSSR count). The summed E-state index contributed by atoms with van der Waals surface area (Å²) in [6.45, 7) is 11.7. The predicted molar refractivity (Wildman–Crippen MR) is 150 cm³/mol. The first kappa shape index (κ1) is 28.2. The minimum atomic E-state index is -1.12. The van der Waals surface area contributed by atoms with E-state index in [1.54, 1.807) is 20.8 Å². The zero-order valence-corrected chi connectivity index (χ0v) is 24.4. The lowest BCUT2D eigenvalue weighted by Gasteiger charge is -2.25. The van der Waals surface area contributed by atoms with E-state index in [1.165, 1.54) is 13.2 Å². The van der Waals surface area contributed by atoms with Gasteiger partial charge in [0.15, 0.2) is 11.6 Å². The van der Waals surface area contributed by atoms with Crippen molar-refractivity contribution in [3.8, 4) is 0 Å². The molecule has 1 aliphatic heterocycles. The van der Waals surface area contributed by atoms with Gasteiger partial charge in [-0.2, -0.15) is 0 Å². The lowest BCUT2D eigenvalue weighted by atomic mass is 10.1. The number of hydrogen-bond donors (Lipinski definition) is 2. The van der Waals surface area contributed by atoms with E-state index in [4.69, 9.17) is 21.1 Å². The molecule has 2 amide bonds. The Kier molecular flexibility index (Phi) is 6.60. The first-order valence-electron chi connectivity index (χ1n) is 13.2. The monoisotopic (exact) mass is 577 g/mol. The molecule has 0 radical (unpaired) electrons. The molecule has 40 heavy (non-hydrogen) atoms. The summed E-state index contributed by atoms with van der Waals surface area (Å²) in [5, 5.41) is 3.52. The van der Waals surface area contributed by atoms with Gasteiger partial charge in [0.05, 0.1) is 38.9 Å². The normalized spacial score (nSPS) is 20.9. The van der Waals surface area contributed by atoms with Crippen molar-refractivity contribution in [2.24, 2.45) is 5.41 Å². The fourth-order valence-electron chi connectivity index (χ4n) is 5.44. The van der Waals surface area contributed by atoms with Gasteiger partial charge in [0.1, 0.15) is 16.8 Å². The molecule has 2 fully saturated rings. The Labute approximate surface area is 236 Å². The average molecular weight is 578 g/mol. The zero-order chi connectivity index (χ0) is 29.4. The van der Waals surface area contributed by atoms with Crippen LogP contribution in [-0.4, -0.2) is 59.5 Å². The van der Waals surface area contributed by atoms with Gasteiger partial charge >= 0.3 is 12.2 Å². The third kappa shape index (κ3) is 5.11. The van der Waals surface area contributed by atoms with Crippen LogP contribution >= 0.6 is 11.6 Å². The number of hydrogen-bond acceptors (Lipinski definition) is 6. The topological polar surface area (TPSA) is 99.8 Å². The fourth-order valence-corrected chi connectivity index (χ4v) is 5.71. The Morgan fingerprint density at radius 1 is 1.18 bits per heavy atom. The van der Waals surface area contributed by atoms with Gasteiger partial charge in [-0.25, -0.2) is 23.4 Å². The fraction of sp³-hybridized carbons (Fsp3) is 0.536. The molecule has 0 unspecified atom stereocenters. The van der Waals surface area contributed by atoms with Crippen molar-refractivity contribution in [3.63, 3.8) is 0 Å². The van der Waals surface area contributed by atoms with Crippen LogP contribution in [0.15, 0.2) is 12.3 Å². The van der Waals surface area contributed by atoms with Gasteiger partial charge in [-0.3, -0.25) is 4.90 Å². The van der Waals surface area contributed by atoms with E-state index in [0.29, 0.717) is 29.8 Å². The summed E-state index contributed by atoms with van der Waals surface area (Å²) >= 11 is 6.66. The smallest absolute Gasteiger partial charge is 0.414 e. The van der Waals surface area contributed by atoms with E-state index < -0.39 is 35.0 Å². The number of carbonyl (C=O) groups is 2. The van der Waals surface area contributed by atoms with Gasteiger partial charge in [-0.05, 0) is 54.4 Å². The number of alkyl carbamates (subject to hydrolysis) is 1. The number of benzene rings is 1. The number of H-pyrrole nitrogens is 1. The molecule has 2 aromatic heterocycles. The van der Waals surface area contributed by atoms with Crippen molar-refractivity contribution < 1.29 is 27.8 Å². The van der Waals surface area contributed by atoms with Crippen molar-refractivity contribution in [3.05, 3.63) is 28.9 Å². The summed E-state index contributed by atoms with van der Waals surface area (Å²) in [6.07, 6.45) is 1.83. The van der Waals surface area contributed by atoms with E-state index in [1.807, 2.05) is 25.7 Å². The van der Waals surface area contributed by atoms with Crippen molar-refractivity contribution in [1.29, 1.82) is 0 Å². The van der Waals surface area contributed by atoms with Crippen LogP contribution in [0, 0.1) is 17.0 Å². The summed E-state index contributed by atoms with van der Waals surface area (Å²) in [5.41, 5.74) is -0.432. The van der Waals surface area contributed by atoms with Gasteiger partial charge in [-0.1, -0.05) is 11.6 Å². The number of aromatic nitrogens is 2. The number of ether oxygens (including phenoxy) is 2. The van der Waals surface area contributed by atoms with Crippen LogP contribution in [0.3, 0.4) is 0 Å². The second-order valence-corrected chi connectivity index (χ2v) is 13.1. The lowest BCUT2D eigenvalue weighted by molar-refractivity contribution is 0.0515. The predicted octanol–water partition coefficient (Wildman–Crippen LogP) is 6.51. The van der Waals surface area contributed by atoms with E-state index in [2.05, 4.69) is 15.3 Å². The first-order chi connectivity index (χ1) is 18.5. The minimum Gasteiger partial charge on any atom is -0.444 e. The van der Waals surface area contributed by atoms with Crippen molar-refractivity contribution in [2.45, 2.75) is 71.6 Å². The number of amides is 2. The molecule has 2 aliphatic rings. The Hall–Kier alpha value is -3.34. The number of halogens is 3. The number of nitrogens with one attached hydrogen (secondary N) is 2. The molecule has 1 aliphatic carbocycles. The largest absolute Gasteiger partial charge is 0.444 e. The molecule has 9 nitrogen and oxygen atoms in total. The van der Waals surface area contributed by atoms with Crippen molar-refractivity contribution in [1.82, 2.24) is 15.3 Å². The summed E-state index contributed by atoms with van der Waals surface area (Å²) in [7, 11) is 1.43. The molecule has 216 valence electrons. The molecule has 1 spiro atoms. The highest BCUT2D eigenvalue weighted by atomic mass is 35.5. The van der Waals surface area contributed by atoms with E-state index >= 15 is 8.78 Å². The van der Waals surface area contributed by atoms with Gasteiger partial charge in [0, 0.05) is 37.7 Å². The molecule has 3 heterocycles. The second-order valence-electron chi connectivity index (χ2n) is 12.7. The van der Waals surface area contributed by atoms with Gasteiger partial charge < -0.3 is 24.7 Å². The molecule has 1 saturated heterocycles.